The molecule has 0 aliphatic rings. The Kier molecular flexibility index (Phi) is 8.86. The predicted octanol–water partition coefficient (Wildman–Crippen LogP) is 7.30. The molecule has 0 heterocycles. The Morgan fingerprint density at radius 1 is 1.00 bits per heavy atom. The Bertz CT molecular complexity index is 1110. The number of carboxylic acids is 1. The van der Waals surface area contributed by atoms with Crippen molar-refractivity contribution in [1.29, 1.82) is 0 Å². The van der Waals surface area contributed by atoms with Crippen LogP contribution in [-0.2, 0) is 4.79 Å². The van der Waals surface area contributed by atoms with Crippen molar-refractivity contribution in [3.63, 3.8) is 0 Å². The van der Waals surface area contributed by atoms with E-state index in [0.717, 1.165) is 21.6 Å². The van der Waals surface area contributed by atoms with Gasteiger partial charge in [-0.15, -0.1) is 11.8 Å². The van der Waals surface area contributed by atoms with Crippen molar-refractivity contribution in [2.75, 3.05) is 12.4 Å². The van der Waals surface area contributed by atoms with Crippen LogP contribution < -0.4 is 4.74 Å². The lowest BCUT2D eigenvalue weighted by molar-refractivity contribution is -0.139. The van der Waals surface area contributed by atoms with Gasteiger partial charge in [-0.2, -0.15) is 0 Å². The summed E-state index contributed by atoms with van der Waals surface area (Å²) in [5.74, 6) is -0.168. The molecule has 0 saturated heterocycles. The Morgan fingerprint density at radius 3 is 2.27 bits per heavy atom. The molecule has 172 valence electrons. The average molecular weight is 493 g/mol. The SMILES string of the molecule is O=C(O)COc1ccc(SCC=C(c2ccccc2)c2ccc(C(F)C(F)F)cc2)c(Cl)c1. The first kappa shape index (κ1) is 24.7. The van der Waals surface area contributed by atoms with E-state index in [-0.39, 0.29) is 5.56 Å². The zero-order valence-corrected chi connectivity index (χ0v) is 18.8. The van der Waals surface area contributed by atoms with Crippen molar-refractivity contribution >= 4 is 34.9 Å². The van der Waals surface area contributed by atoms with Crippen molar-refractivity contribution in [2.45, 2.75) is 17.5 Å². The van der Waals surface area contributed by atoms with Crippen LogP contribution in [0.3, 0.4) is 0 Å². The molecule has 3 rings (SSSR count). The minimum Gasteiger partial charge on any atom is -0.482 e. The van der Waals surface area contributed by atoms with Gasteiger partial charge in [-0.3, -0.25) is 0 Å². The number of benzene rings is 3. The maximum absolute atomic E-state index is 13.6. The van der Waals surface area contributed by atoms with E-state index in [4.69, 9.17) is 21.4 Å². The molecule has 1 N–H and O–H groups in total. The summed E-state index contributed by atoms with van der Waals surface area (Å²) in [6.07, 6.45) is -3.40. The number of aliphatic carboxylic acids is 1. The van der Waals surface area contributed by atoms with E-state index in [2.05, 4.69) is 0 Å². The number of hydrogen-bond acceptors (Lipinski definition) is 3. The molecule has 8 heteroatoms. The molecule has 0 bridgehead atoms. The zero-order valence-electron chi connectivity index (χ0n) is 17.3. The highest BCUT2D eigenvalue weighted by molar-refractivity contribution is 7.99. The quantitative estimate of drug-likeness (QED) is 0.301. The van der Waals surface area contributed by atoms with Gasteiger partial charge < -0.3 is 9.84 Å². The average Bonchev–Trinajstić information content (AvgIpc) is 2.81. The first-order valence-electron chi connectivity index (χ1n) is 9.90. The van der Waals surface area contributed by atoms with Gasteiger partial charge in [0.25, 0.3) is 6.43 Å². The Labute approximate surface area is 198 Å². The fourth-order valence-corrected chi connectivity index (χ4v) is 4.19. The van der Waals surface area contributed by atoms with Crippen LogP contribution in [0.1, 0.15) is 22.9 Å². The molecule has 33 heavy (non-hydrogen) atoms. The highest BCUT2D eigenvalue weighted by Gasteiger charge is 2.21. The molecular weight excluding hydrogens is 473 g/mol. The van der Waals surface area contributed by atoms with Crippen molar-refractivity contribution in [3.05, 3.63) is 101 Å². The maximum Gasteiger partial charge on any atom is 0.341 e. The number of carbonyl (C=O) groups is 1. The third-order valence-corrected chi connectivity index (χ3v) is 6.06. The van der Waals surface area contributed by atoms with Crippen LogP contribution in [0.4, 0.5) is 13.2 Å². The van der Waals surface area contributed by atoms with Gasteiger partial charge in [-0.1, -0.05) is 72.3 Å². The summed E-state index contributed by atoms with van der Waals surface area (Å²) in [6.45, 7) is -0.453. The summed E-state index contributed by atoms with van der Waals surface area (Å²) in [7, 11) is 0. The van der Waals surface area contributed by atoms with Crippen molar-refractivity contribution in [3.8, 4) is 5.75 Å². The van der Waals surface area contributed by atoms with Gasteiger partial charge in [-0.05, 0) is 40.5 Å². The van der Waals surface area contributed by atoms with Crippen molar-refractivity contribution < 1.29 is 27.8 Å². The van der Waals surface area contributed by atoms with Gasteiger partial charge in [0.15, 0.2) is 12.8 Å². The van der Waals surface area contributed by atoms with Crippen LogP contribution in [0, 0.1) is 0 Å². The summed E-state index contributed by atoms with van der Waals surface area (Å²) in [6, 6.07) is 20.5. The zero-order chi connectivity index (χ0) is 23.8. The minimum atomic E-state index is -3.07. The monoisotopic (exact) mass is 492 g/mol. The molecular formula is C25H20ClF3O3S. The molecule has 1 atom stereocenters. The molecule has 0 fully saturated rings. The first-order valence-corrected chi connectivity index (χ1v) is 11.3. The Morgan fingerprint density at radius 2 is 1.67 bits per heavy atom. The topological polar surface area (TPSA) is 46.5 Å². The van der Waals surface area contributed by atoms with Gasteiger partial charge in [0.1, 0.15) is 5.75 Å². The fourth-order valence-electron chi connectivity index (χ4n) is 3.06. The molecule has 3 aromatic carbocycles. The largest absolute Gasteiger partial charge is 0.482 e. The summed E-state index contributed by atoms with van der Waals surface area (Å²) in [4.78, 5) is 11.4. The van der Waals surface area contributed by atoms with Crippen molar-refractivity contribution in [1.82, 2.24) is 0 Å². The van der Waals surface area contributed by atoms with Crippen LogP contribution in [0.15, 0.2) is 83.8 Å². The minimum absolute atomic E-state index is 0.0625. The highest BCUT2D eigenvalue weighted by Crippen LogP contribution is 2.33. The fraction of sp³-hybridized carbons (Fsp3) is 0.160. The van der Waals surface area contributed by atoms with Crippen molar-refractivity contribution in [2.24, 2.45) is 0 Å². The van der Waals surface area contributed by atoms with Gasteiger partial charge in [0, 0.05) is 10.6 Å². The summed E-state index contributed by atoms with van der Waals surface area (Å²) in [5.41, 5.74) is 2.52. The van der Waals surface area contributed by atoms with Gasteiger partial charge >= 0.3 is 5.97 Å². The summed E-state index contributed by atoms with van der Waals surface area (Å²) in [5, 5.41) is 9.13. The molecule has 0 amide bonds. The molecule has 0 aliphatic carbocycles. The van der Waals surface area contributed by atoms with E-state index in [0.29, 0.717) is 16.5 Å². The number of halogens is 4. The lowest BCUT2D eigenvalue weighted by atomic mass is 9.96. The second-order valence-corrected chi connectivity index (χ2v) is 8.40. The summed E-state index contributed by atoms with van der Waals surface area (Å²) >= 11 is 7.77. The highest BCUT2D eigenvalue weighted by atomic mass is 35.5. The van der Waals surface area contributed by atoms with E-state index in [1.54, 1.807) is 30.3 Å². The first-order chi connectivity index (χ1) is 15.8. The number of ether oxygens (including phenoxy) is 1. The molecule has 0 radical (unpaired) electrons. The van der Waals surface area contributed by atoms with Crippen LogP contribution in [0.5, 0.6) is 5.75 Å². The Balaban J connectivity index is 1.78. The number of alkyl halides is 3. The molecule has 0 aromatic heterocycles. The normalized spacial score (nSPS) is 12.6. The predicted molar refractivity (Wildman–Crippen MR) is 125 cm³/mol. The lowest BCUT2D eigenvalue weighted by Crippen LogP contribution is -2.09. The molecule has 0 aliphatic heterocycles. The van der Waals surface area contributed by atoms with E-state index in [9.17, 15) is 18.0 Å². The second kappa shape index (κ2) is 11.8. The molecule has 0 saturated carbocycles. The third kappa shape index (κ3) is 7.04. The number of carboxylic acid groups (broad SMARTS) is 1. The van der Waals surface area contributed by atoms with E-state index in [1.807, 2.05) is 36.4 Å². The maximum atomic E-state index is 13.6. The number of thioether (sulfide) groups is 1. The molecule has 3 aromatic rings. The van der Waals surface area contributed by atoms with E-state index < -0.39 is 25.2 Å². The second-order valence-electron chi connectivity index (χ2n) is 6.93. The molecule has 3 nitrogen and oxygen atoms in total. The van der Waals surface area contributed by atoms with E-state index in [1.165, 1.54) is 23.9 Å². The smallest absolute Gasteiger partial charge is 0.341 e. The van der Waals surface area contributed by atoms with Crippen LogP contribution in [-0.4, -0.2) is 29.9 Å². The van der Waals surface area contributed by atoms with Crippen LogP contribution in [0.2, 0.25) is 5.02 Å². The molecule has 0 spiro atoms. The van der Waals surface area contributed by atoms with Gasteiger partial charge in [0.2, 0.25) is 0 Å². The van der Waals surface area contributed by atoms with Crippen LogP contribution >= 0.6 is 23.4 Å². The number of rotatable bonds is 10. The summed E-state index contributed by atoms with van der Waals surface area (Å²) < 4.78 is 44.1. The molecule has 1 unspecified atom stereocenters. The number of hydrogen-bond donors (Lipinski definition) is 1. The lowest BCUT2D eigenvalue weighted by Gasteiger charge is -2.12. The van der Waals surface area contributed by atoms with Gasteiger partial charge in [-0.25, -0.2) is 18.0 Å². The third-order valence-electron chi connectivity index (χ3n) is 4.64. The van der Waals surface area contributed by atoms with Gasteiger partial charge in [0.05, 0.1) is 5.02 Å². The standard InChI is InChI=1S/C25H20ClF3O3S/c26-21-14-19(32-15-23(30)31)10-11-22(21)33-13-12-20(16-4-2-1-3-5-16)17-6-8-18(9-7-17)24(27)25(28)29/h1-12,14,24-25H,13,15H2,(H,30,31). The Hall–Kier alpha value is -2.90. The van der Waals surface area contributed by atoms with E-state index >= 15 is 0 Å². The van der Waals surface area contributed by atoms with Crippen LogP contribution in [0.25, 0.3) is 5.57 Å².